The lowest BCUT2D eigenvalue weighted by molar-refractivity contribution is 0.0286. The first-order valence-electron chi connectivity index (χ1n) is 4.60. The number of hydrogen-bond acceptors (Lipinski definition) is 2. The number of nitrogens with one attached hydrogen (secondary N) is 1. The first-order chi connectivity index (χ1) is 5.17. The highest BCUT2D eigenvalue weighted by Crippen LogP contribution is 2.40. The van der Waals surface area contributed by atoms with Crippen molar-refractivity contribution >= 4 is 0 Å². The van der Waals surface area contributed by atoms with Gasteiger partial charge in [0.15, 0.2) is 0 Å². The van der Waals surface area contributed by atoms with Crippen molar-refractivity contribution in [2.24, 2.45) is 5.92 Å². The van der Waals surface area contributed by atoms with E-state index in [1.54, 1.807) is 0 Å². The average Bonchev–Trinajstić information content (AvgIpc) is 2.68. The zero-order chi connectivity index (χ0) is 8.32. The molecule has 0 aliphatic heterocycles. The van der Waals surface area contributed by atoms with Crippen LogP contribution in [-0.2, 0) is 0 Å². The van der Waals surface area contributed by atoms with Crippen LogP contribution in [0.15, 0.2) is 0 Å². The summed E-state index contributed by atoms with van der Waals surface area (Å²) in [6.07, 6.45) is 3.34. The van der Waals surface area contributed by atoms with Gasteiger partial charge in [-0.3, -0.25) is 0 Å². The largest absolute Gasteiger partial charge is 0.390 e. The molecule has 66 valence electrons. The van der Waals surface area contributed by atoms with Crippen LogP contribution in [0.4, 0.5) is 0 Å². The fraction of sp³-hybridized carbons (Fsp3) is 1.00. The number of aliphatic hydroxyl groups is 1. The molecule has 0 saturated heterocycles. The van der Waals surface area contributed by atoms with Crippen molar-refractivity contribution < 1.29 is 5.11 Å². The van der Waals surface area contributed by atoms with Crippen LogP contribution in [0.2, 0.25) is 0 Å². The van der Waals surface area contributed by atoms with Crippen molar-refractivity contribution in [1.29, 1.82) is 0 Å². The Bertz CT molecular complexity index is 119. The number of rotatable bonds is 5. The lowest BCUT2D eigenvalue weighted by Crippen LogP contribution is -2.31. The monoisotopic (exact) mass is 157 g/mol. The Hall–Kier alpha value is -0.0800. The highest BCUT2D eigenvalue weighted by Gasteiger charge is 2.39. The molecule has 11 heavy (non-hydrogen) atoms. The molecule has 0 bridgehead atoms. The smallest absolute Gasteiger partial charge is 0.0659 e. The molecule has 0 aromatic carbocycles. The van der Waals surface area contributed by atoms with E-state index in [4.69, 9.17) is 0 Å². The van der Waals surface area contributed by atoms with E-state index in [1.807, 2.05) is 6.92 Å². The fourth-order valence-electron chi connectivity index (χ4n) is 1.43. The van der Waals surface area contributed by atoms with Crippen LogP contribution in [0, 0.1) is 5.92 Å². The van der Waals surface area contributed by atoms with Gasteiger partial charge in [0.25, 0.3) is 0 Å². The van der Waals surface area contributed by atoms with Crippen LogP contribution in [-0.4, -0.2) is 23.8 Å². The van der Waals surface area contributed by atoms with Crippen LogP contribution >= 0.6 is 0 Å². The normalized spacial score (nSPS) is 23.2. The lowest BCUT2D eigenvalue weighted by atomic mass is 9.96. The number of hydrogen-bond donors (Lipinski definition) is 2. The van der Waals surface area contributed by atoms with Gasteiger partial charge in [0.2, 0.25) is 0 Å². The van der Waals surface area contributed by atoms with Gasteiger partial charge in [-0.15, -0.1) is 0 Å². The van der Waals surface area contributed by atoms with Gasteiger partial charge in [-0.1, -0.05) is 6.92 Å². The SMILES string of the molecule is CCNCCC(C)(O)C1CC1. The molecule has 1 aliphatic rings. The Kier molecular flexibility index (Phi) is 2.90. The summed E-state index contributed by atoms with van der Waals surface area (Å²) in [6, 6.07) is 0. The topological polar surface area (TPSA) is 32.3 Å². The highest BCUT2D eigenvalue weighted by atomic mass is 16.3. The van der Waals surface area contributed by atoms with Gasteiger partial charge in [-0.25, -0.2) is 0 Å². The second kappa shape index (κ2) is 3.55. The lowest BCUT2D eigenvalue weighted by Gasteiger charge is -2.22. The summed E-state index contributed by atoms with van der Waals surface area (Å²) in [5.41, 5.74) is -0.401. The van der Waals surface area contributed by atoms with Crippen LogP contribution < -0.4 is 5.32 Å². The zero-order valence-corrected chi connectivity index (χ0v) is 7.56. The average molecular weight is 157 g/mol. The summed E-state index contributed by atoms with van der Waals surface area (Å²) in [4.78, 5) is 0. The molecule has 0 spiro atoms. The summed E-state index contributed by atoms with van der Waals surface area (Å²) in [5.74, 6) is 0.584. The molecule has 1 atom stereocenters. The maximum atomic E-state index is 9.84. The first-order valence-corrected chi connectivity index (χ1v) is 4.60. The molecule has 1 rings (SSSR count). The van der Waals surface area contributed by atoms with E-state index in [0.717, 1.165) is 19.5 Å². The molecule has 0 radical (unpaired) electrons. The van der Waals surface area contributed by atoms with E-state index in [-0.39, 0.29) is 0 Å². The minimum atomic E-state index is -0.401. The predicted molar refractivity (Wildman–Crippen MR) is 46.5 cm³/mol. The summed E-state index contributed by atoms with van der Waals surface area (Å²) >= 11 is 0. The van der Waals surface area contributed by atoms with Crippen LogP contribution in [0.5, 0.6) is 0 Å². The van der Waals surface area contributed by atoms with Gasteiger partial charge in [0.05, 0.1) is 5.60 Å². The van der Waals surface area contributed by atoms with Crippen LogP contribution in [0.3, 0.4) is 0 Å². The van der Waals surface area contributed by atoms with E-state index in [0.29, 0.717) is 5.92 Å². The van der Waals surface area contributed by atoms with Crippen molar-refractivity contribution in [3.63, 3.8) is 0 Å². The quantitative estimate of drug-likeness (QED) is 0.587. The molecule has 1 saturated carbocycles. The van der Waals surface area contributed by atoms with Crippen LogP contribution in [0.1, 0.15) is 33.1 Å². The summed E-state index contributed by atoms with van der Waals surface area (Å²) in [6.45, 7) is 5.99. The molecule has 2 nitrogen and oxygen atoms in total. The second-order valence-electron chi connectivity index (χ2n) is 3.73. The summed E-state index contributed by atoms with van der Waals surface area (Å²) < 4.78 is 0. The molecule has 0 heterocycles. The Morgan fingerprint density at radius 1 is 1.55 bits per heavy atom. The standard InChI is InChI=1S/C9H19NO/c1-3-10-7-6-9(2,11)8-4-5-8/h8,10-11H,3-7H2,1-2H3. The molecule has 0 aromatic rings. The minimum Gasteiger partial charge on any atom is -0.390 e. The van der Waals surface area contributed by atoms with E-state index in [2.05, 4.69) is 12.2 Å². The highest BCUT2D eigenvalue weighted by molar-refractivity contribution is 4.91. The van der Waals surface area contributed by atoms with E-state index < -0.39 is 5.60 Å². The predicted octanol–water partition coefficient (Wildman–Crippen LogP) is 1.15. The Morgan fingerprint density at radius 2 is 2.18 bits per heavy atom. The molecular formula is C9H19NO. The van der Waals surface area contributed by atoms with Gasteiger partial charge in [0, 0.05) is 0 Å². The van der Waals surface area contributed by atoms with Crippen molar-refractivity contribution in [3.05, 3.63) is 0 Å². The molecule has 0 aromatic heterocycles. The summed E-state index contributed by atoms with van der Waals surface area (Å²) in [7, 11) is 0. The van der Waals surface area contributed by atoms with E-state index in [9.17, 15) is 5.11 Å². The van der Waals surface area contributed by atoms with Crippen molar-refractivity contribution in [2.75, 3.05) is 13.1 Å². The molecule has 1 aliphatic carbocycles. The molecule has 1 unspecified atom stereocenters. The van der Waals surface area contributed by atoms with Crippen molar-refractivity contribution in [1.82, 2.24) is 5.32 Å². The van der Waals surface area contributed by atoms with Crippen molar-refractivity contribution in [2.45, 2.75) is 38.7 Å². The second-order valence-corrected chi connectivity index (χ2v) is 3.73. The fourth-order valence-corrected chi connectivity index (χ4v) is 1.43. The van der Waals surface area contributed by atoms with Gasteiger partial charge >= 0.3 is 0 Å². The van der Waals surface area contributed by atoms with Gasteiger partial charge < -0.3 is 10.4 Å². The maximum absolute atomic E-state index is 9.84. The first kappa shape index (κ1) is 9.01. The van der Waals surface area contributed by atoms with Crippen LogP contribution in [0.25, 0.3) is 0 Å². The van der Waals surface area contributed by atoms with Gasteiger partial charge in [0.1, 0.15) is 0 Å². The molecule has 2 heteroatoms. The van der Waals surface area contributed by atoms with Crippen molar-refractivity contribution in [3.8, 4) is 0 Å². The molecular weight excluding hydrogens is 138 g/mol. The minimum absolute atomic E-state index is 0.401. The Labute approximate surface area is 69.0 Å². The van der Waals surface area contributed by atoms with Gasteiger partial charge in [-0.2, -0.15) is 0 Å². The zero-order valence-electron chi connectivity index (χ0n) is 7.56. The molecule has 2 N–H and O–H groups in total. The van der Waals surface area contributed by atoms with E-state index in [1.165, 1.54) is 12.8 Å². The maximum Gasteiger partial charge on any atom is 0.0659 e. The van der Waals surface area contributed by atoms with Gasteiger partial charge in [-0.05, 0) is 45.2 Å². The summed E-state index contributed by atoms with van der Waals surface area (Å²) in [5, 5.41) is 13.1. The molecule has 0 amide bonds. The van der Waals surface area contributed by atoms with E-state index >= 15 is 0 Å². The molecule has 1 fully saturated rings. The Balaban J connectivity index is 2.12. The third-order valence-electron chi connectivity index (χ3n) is 2.51. The third kappa shape index (κ3) is 2.80. The Morgan fingerprint density at radius 3 is 2.64 bits per heavy atom. The third-order valence-corrected chi connectivity index (χ3v) is 2.51.